The molecular weight excluding hydrogens is 204 g/mol. The Labute approximate surface area is 98.3 Å². The lowest BCUT2D eigenvalue weighted by Gasteiger charge is -2.33. The van der Waals surface area contributed by atoms with E-state index >= 15 is 0 Å². The van der Waals surface area contributed by atoms with Gasteiger partial charge in [0, 0.05) is 19.0 Å². The number of nitrogens with two attached hydrogens (primary N) is 1. The molecule has 2 N–H and O–H groups in total. The smallest absolute Gasteiger partial charge is 0.410 e. The molecule has 1 aliphatic rings. The normalized spacial score (nSPS) is 22.0. The Morgan fingerprint density at radius 1 is 1.50 bits per heavy atom. The SMILES string of the molecule is C[NH2+]C[C@H]1CCCN(C(=O)OC(C)(C)C)C1. The maximum atomic E-state index is 11.9. The Balaban J connectivity index is 2.44. The van der Waals surface area contributed by atoms with E-state index in [1.165, 1.54) is 6.42 Å². The number of hydrogen-bond acceptors (Lipinski definition) is 2. The molecule has 0 aromatic heterocycles. The van der Waals surface area contributed by atoms with Gasteiger partial charge in [-0.15, -0.1) is 0 Å². The lowest BCUT2D eigenvalue weighted by molar-refractivity contribution is -0.633. The van der Waals surface area contributed by atoms with Crippen LogP contribution < -0.4 is 5.32 Å². The zero-order valence-electron chi connectivity index (χ0n) is 11.0. The average molecular weight is 229 g/mol. The van der Waals surface area contributed by atoms with Gasteiger partial charge in [-0.2, -0.15) is 0 Å². The van der Waals surface area contributed by atoms with Gasteiger partial charge in [-0.25, -0.2) is 4.79 Å². The predicted molar refractivity (Wildman–Crippen MR) is 63.2 cm³/mol. The van der Waals surface area contributed by atoms with Gasteiger partial charge >= 0.3 is 6.09 Å². The first-order valence-electron chi connectivity index (χ1n) is 6.18. The van der Waals surface area contributed by atoms with E-state index in [0.29, 0.717) is 5.92 Å². The van der Waals surface area contributed by atoms with E-state index in [9.17, 15) is 4.79 Å². The third-order valence-electron chi connectivity index (χ3n) is 2.74. The standard InChI is InChI=1S/C12H24N2O2/c1-12(2,3)16-11(15)14-7-5-6-10(9-14)8-13-4/h10,13H,5-9H2,1-4H3/p+1/t10-/m1/s1. The minimum absolute atomic E-state index is 0.159. The molecular formula is C12H25N2O2+. The van der Waals surface area contributed by atoms with Crippen LogP contribution in [0.15, 0.2) is 0 Å². The van der Waals surface area contributed by atoms with Crippen LogP contribution in [0.2, 0.25) is 0 Å². The van der Waals surface area contributed by atoms with Crippen LogP contribution in [0.4, 0.5) is 4.79 Å². The number of nitrogens with zero attached hydrogens (tertiary/aromatic N) is 1. The first-order chi connectivity index (χ1) is 7.42. The largest absolute Gasteiger partial charge is 0.444 e. The number of rotatable bonds is 2. The van der Waals surface area contributed by atoms with Crippen LogP contribution in [0.25, 0.3) is 0 Å². The first-order valence-corrected chi connectivity index (χ1v) is 6.18. The van der Waals surface area contributed by atoms with Crippen LogP contribution in [0.3, 0.4) is 0 Å². The number of quaternary nitrogens is 1. The molecule has 0 saturated carbocycles. The number of carbonyl (C=O) groups is 1. The van der Waals surface area contributed by atoms with E-state index in [1.807, 2.05) is 25.7 Å². The highest BCUT2D eigenvalue weighted by Gasteiger charge is 2.27. The highest BCUT2D eigenvalue weighted by molar-refractivity contribution is 5.68. The summed E-state index contributed by atoms with van der Waals surface area (Å²) in [6, 6.07) is 0. The molecule has 1 aliphatic heterocycles. The van der Waals surface area contributed by atoms with Gasteiger partial charge in [0.1, 0.15) is 5.60 Å². The summed E-state index contributed by atoms with van der Waals surface area (Å²) in [6.45, 7) is 8.51. The summed E-state index contributed by atoms with van der Waals surface area (Å²) >= 11 is 0. The zero-order valence-corrected chi connectivity index (χ0v) is 11.0. The molecule has 0 spiro atoms. The number of piperidine rings is 1. The summed E-state index contributed by atoms with van der Waals surface area (Å²) in [5.74, 6) is 0.617. The van der Waals surface area contributed by atoms with Crippen molar-refractivity contribution in [1.82, 2.24) is 4.90 Å². The van der Waals surface area contributed by atoms with Crippen molar-refractivity contribution in [3.63, 3.8) is 0 Å². The van der Waals surface area contributed by atoms with Crippen molar-refractivity contribution in [2.24, 2.45) is 5.92 Å². The molecule has 1 heterocycles. The van der Waals surface area contributed by atoms with Gasteiger partial charge in [-0.05, 0) is 33.6 Å². The molecule has 4 nitrogen and oxygen atoms in total. The minimum Gasteiger partial charge on any atom is -0.444 e. The van der Waals surface area contributed by atoms with Gasteiger partial charge in [-0.3, -0.25) is 0 Å². The maximum Gasteiger partial charge on any atom is 0.410 e. The van der Waals surface area contributed by atoms with E-state index < -0.39 is 0 Å². The van der Waals surface area contributed by atoms with Crippen molar-refractivity contribution >= 4 is 6.09 Å². The lowest BCUT2D eigenvalue weighted by Crippen LogP contribution is -2.81. The molecule has 0 aromatic carbocycles. The first kappa shape index (κ1) is 13.3. The topological polar surface area (TPSA) is 46.2 Å². The number of likely N-dealkylation sites (tertiary alicyclic amines) is 1. The molecule has 0 aromatic rings. The minimum atomic E-state index is -0.388. The van der Waals surface area contributed by atoms with E-state index in [2.05, 4.69) is 12.4 Å². The summed E-state index contributed by atoms with van der Waals surface area (Å²) < 4.78 is 5.38. The van der Waals surface area contributed by atoms with Gasteiger partial charge in [-0.1, -0.05) is 0 Å². The van der Waals surface area contributed by atoms with Crippen LogP contribution in [0, 0.1) is 5.92 Å². The van der Waals surface area contributed by atoms with Crippen LogP contribution in [0.5, 0.6) is 0 Å². The average Bonchev–Trinajstić information content (AvgIpc) is 2.16. The fourth-order valence-electron chi connectivity index (χ4n) is 2.08. The van der Waals surface area contributed by atoms with Crippen molar-refractivity contribution in [3.8, 4) is 0 Å². The van der Waals surface area contributed by atoms with Crippen molar-refractivity contribution in [1.29, 1.82) is 0 Å². The molecule has 4 heteroatoms. The van der Waals surface area contributed by atoms with E-state index in [-0.39, 0.29) is 11.7 Å². The van der Waals surface area contributed by atoms with Crippen molar-refractivity contribution in [3.05, 3.63) is 0 Å². The number of ether oxygens (including phenoxy) is 1. The molecule has 1 fully saturated rings. The Morgan fingerprint density at radius 3 is 2.75 bits per heavy atom. The number of amides is 1. The fourth-order valence-corrected chi connectivity index (χ4v) is 2.08. The Kier molecular flexibility index (Phi) is 4.59. The molecule has 1 atom stereocenters. The quantitative estimate of drug-likeness (QED) is 0.762. The highest BCUT2D eigenvalue weighted by atomic mass is 16.6. The molecule has 1 saturated heterocycles. The van der Waals surface area contributed by atoms with Crippen LogP contribution in [-0.4, -0.2) is 43.3 Å². The molecule has 16 heavy (non-hydrogen) atoms. The number of carbonyl (C=O) groups excluding carboxylic acids is 1. The van der Waals surface area contributed by atoms with Crippen LogP contribution in [-0.2, 0) is 4.74 Å². The summed E-state index contributed by atoms with van der Waals surface area (Å²) in [6.07, 6.45) is 2.16. The molecule has 1 rings (SSSR count). The molecule has 0 unspecified atom stereocenters. The van der Waals surface area contributed by atoms with Gasteiger partial charge in [0.05, 0.1) is 13.6 Å². The Hall–Kier alpha value is -0.770. The Bertz CT molecular complexity index is 234. The predicted octanol–water partition coefficient (Wildman–Crippen LogP) is 0.827. The van der Waals surface area contributed by atoms with Crippen molar-refractivity contribution in [2.75, 3.05) is 26.7 Å². The molecule has 1 amide bonds. The van der Waals surface area contributed by atoms with Gasteiger partial charge in [0.2, 0.25) is 0 Å². The third kappa shape index (κ3) is 4.39. The van der Waals surface area contributed by atoms with Gasteiger partial charge < -0.3 is 15.0 Å². The van der Waals surface area contributed by atoms with Crippen molar-refractivity contribution in [2.45, 2.75) is 39.2 Å². The summed E-state index contributed by atoms with van der Waals surface area (Å²) in [5.41, 5.74) is -0.388. The summed E-state index contributed by atoms with van der Waals surface area (Å²) in [5, 5.41) is 2.18. The fraction of sp³-hybridized carbons (Fsp3) is 0.917. The second-order valence-electron chi connectivity index (χ2n) is 5.58. The molecule has 94 valence electrons. The maximum absolute atomic E-state index is 11.9. The molecule has 0 aliphatic carbocycles. The lowest BCUT2D eigenvalue weighted by atomic mass is 9.98. The van der Waals surface area contributed by atoms with E-state index in [1.54, 1.807) is 0 Å². The molecule has 0 bridgehead atoms. The second kappa shape index (κ2) is 5.53. The van der Waals surface area contributed by atoms with Crippen molar-refractivity contribution < 1.29 is 14.8 Å². The summed E-state index contributed by atoms with van der Waals surface area (Å²) in [7, 11) is 2.08. The monoisotopic (exact) mass is 229 g/mol. The van der Waals surface area contributed by atoms with Crippen LogP contribution in [0.1, 0.15) is 33.6 Å². The zero-order chi connectivity index (χ0) is 12.2. The molecule has 0 radical (unpaired) electrons. The van der Waals surface area contributed by atoms with E-state index in [4.69, 9.17) is 4.74 Å². The number of hydrogen-bond donors (Lipinski definition) is 1. The van der Waals surface area contributed by atoms with Crippen LogP contribution >= 0.6 is 0 Å². The second-order valence-corrected chi connectivity index (χ2v) is 5.58. The van der Waals surface area contributed by atoms with E-state index in [0.717, 1.165) is 26.1 Å². The van der Waals surface area contributed by atoms with Gasteiger partial charge in [0.15, 0.2) is 0 Å². The van der Waals surface area contributed by atoms with Gasteiger partial charge in [0.25, 0.3) is 0 Å². The summed E-state index contributed by atoms with van der Waals surface area (Å²) in [4.78, 5) is 13.7. The third-order valence-corrected chi connectivity index (χ3v) is 2.74. The Morgan fingerprint density at radius 2 is 2.19 bits per heavy atom. The highest BCUT2D eigenvalue weighted by Crippen LogP contribution is 2.18.